The average molecular weight is 321 g/mol. The van der Waals surface area contributed by atoms with Crippen molar-refractivity contribution in [2.24, 2.45) is 0 Å². The summed E-state index contributed by atoms with van der Waals surface area (Å²) in [5.74, 6) is 0.352. The lowest BCUT2D eigenvalue weighted by Crippen LogP contribution is -2.38. The van der Waals surface area contributed by atoms with E-state index in [1.807, 2.05) is 6.07 Å². The average Bonchev–Trinajstić information content (AvgIpc) is 2.52. The Kier molecular flexibility index (Phi) is 5.81. The molecule has 7 heteroatoms. The van der Waals surface area contributed by atoms with Crippen LogP contribution in [0.3, 0.4) is 0 Å². The van der Waals surface area contributed by atoms with Crippen LogP contribution in [-0.4, -0.2) is 44.2 Å². The van der Waals surface area contributed by atoms with Crippen LogP contribution in [0.2, 0.25) is 0 Å². The van der Waals surface area contributed by atoms with Crippen LogP contribution < -0.4 is 20.7 Å². The van der Waals surface area contributed by atoms with Crippen molar-refractivity contribution in [3.05, 3.63) is 18.2 Å². The Morgan fingerprint density at radius 3 is 3.00 bits per heavy atom. The van der Waals surface area contributed by atoms with E-state index in [0.29, 0.717) is 24.6 Å². The number of rotatable bonds is 7. The molecule has 126 valence electrons. The minimum atomic E-state index is -0.502. The Bertz CT molecular complexity index is 576. The number of carbonyl (C=O) groups is 2. The molecule has 0 spiro atoms. The van der Waals surface area contributed by atoms with Gasteiger partial charge in [0.2, 0.25) is 5.91 Å². The topological polar surface area (TPSA) is 88.7 Å². The van der Waals surface area contributed by atoms with Crippen LogP contribution in [0.5, 0.6) is 5.75 Å². The molecule has 1 aromatic carbocycles. The number of hydrogen-bond acceptors (Lipinski definition) is 5. The second-order valence-corrected chi connectivity index (χ2v) is 5.46. The predicted molar refractivity (Wildman–Crippen MR) is 87.7 cm³/mol. The first-order valence-electron chi connectivity index (χ1n) is 7.66. The molecule has 7 nitrogen and oxygen atoms in total. The molecule has 0 aromatic heterocycles. The zero-order valence-electron chi connectivity index (χ0n) is 13.6. The minimum absolute atomic E-state index is 0.0901. The Hall–Kier alpha value is -2.28. The molecule has 1 heterocycles. The Balaban J connectivity index is 1.91. The fourth-order valence-electron chi connectivity index (χ4n) is 2.20. The van der Waals surface area contributed by atoms with Crippen molar-refractivity contribution in [3.63, 3.8) is 0 Å². The lowest BCUT2D eigenvalue weighted by Gasteiger charge is -2.24. The summed E-state index contributed by atoms with van der Waals surface area (Å²) >= 11 is 0. The smallest absolute Gasteiger partial charge is 0.265 e. The van der Waals surface area contributed by atoms with Gasteiger partial charge in [0.1, 0.15) is 11.8 Å². The van der Waals surface area contributed by atoms with Gasteiger partial charge in [-0.15, -0.1) is 0 Å². The molecule has 3 N–H and O–H groups in total. The van der Waals surface area contributed by atoms with E-state index in [0.717, 1.165) is 12.1 Å². The summed E-state index contributed by atoms with van der Waals surface area (Å²) < 4.78 is 10.4. The van der Waals surface area contributed by atoms with Gasteiger partial charge in [0.05, 0.1) is 5.69 Å². The van der Waals surface area contributed by atoms with Crippen molar-refractivity contribution in [1.29, 1.82) is 0 Å². The molecule has 1 aliphatic rings. The van der Waals surface area contributed by atoms with Crippen molar-refractivity contribution in [2.45, 2.75) is 32.4 Å². The SMILES string of the molecule is COCCCNC(=O)[C@H](C)Nc1ccc2c(c1)NC(=O)[C@H](C)O2. The van der Waals surface area contributed by atoms with Gasteiger partial charge < -0.3 is 25.4 Å². The lowest BCUT2D eigenvalue weighted by atomic mass is 10.2. The van der Waals surface area contributed by atoms with E-state index in [1.165, 1.54) is 0 Å². The van der Waals surface area contributed by atoms with E-state index < -0.39 is 12.1 Å². The van der Waals surface area contributed by atoms with Crippen molar-refractivity contribution >= 4 is 23.2 Å². The number of nitrogens with one attached hydrogen (secondary N) is 3. The molecule has 0 bridgehead atoms. The monoisotopic (exact) mass is 321 g/mol. The molecule has 1 aliphatic heterocycles. The van der Waals surface area contributed by atoms with Gasteiger partial charge in [0.25, 0.3) is 5.91 Å². The van der Waals surface area contributed by atoms with Crippen molar-refractivity contribution < 1.29 is 19.1 Å². The van der Waals surface area contributed by atoms with Gasteiger partial charge in [-0.3, -0.25) is 9.59 Å². The minimum Gasteiger partial charge on any atom is -0.479 e. The molecule has 0 fully saturated rings. The number of fused-ring (bicyclic) bond motifs is 1. The van der Waals surface area contributed by atoms with Gasteiger partial charge in [-0.1, -0.05) is 0 Å². The fraction of sp³-hybridized carbons (Fsp3) is 0.500. The van der Waals surface area contributed by atoms with Crippen molar-refractivity contribution in [1.82, 2.24) is 5.32 Å². The molecular formula is C16H23N3O4. The van der Waals surface area contributed by atoms with Crippen LogP contribution in [0, 0.1) is 0 Å². The van der Waals surface area contributed by atoms with Gasteiger partial charge in [-0.05, 0) is 38.5 Å². The first kappa shape index (κ1) is 17.1. The molecule has 2 atom stereocenters. The summed E-state index contributed by atoms with van der Waals surface area (Å²) in [6.45, 7) is 4.67. The molecular weight excluding hydrogens is 298 g/mol. The zero-order chi connectivity index (χ0) is 16.8. The van der Waals surface area contributed by atoms with E-state index in [1.54, 1.807) is 33.1 Å². The highest BCUT2D eigenvalue weighted by atomic mass is 16.5. The third-order valence-corrected chi connectivity index (χ3v) is 3.51. The summed E-state index contributed by atoms with van der Waals surface area (Å²) in [7, 11) is 1.63. The van der Waals surface area contributed by atoms with Crippen LogP contribution in [0.15, 0.2) is 18.2 Å². The van der Waals surface area contributed by atoms with E-state index in [4.69, 9.17) is 9.47 Å². The first-order chi connectivity index (χ1) is 11.0. The van der Waals surface area contributed by atoms with E-state index in [2.05, 4.69) is 16.0 Å². The number of benzene rings is 1. The van der Waals surface area contributed by atoms with Gasteiger partial charge >= 0.3 is 0 Å². The Labute approximate surface area is 135 Å². The highest BCUT2D eigenvalue weighted by Crippen LogP contribution is 2.32. The summed E-state index contributed by atoms with van der Waals surface area (Å²) in [5.41, 5.74) is 1.34. The highest BCUT2D eigenvalue weighted by molar-refractivity contribution is 5.98. The van der Waals surface area contributed by atoms with Crippen LogP contribution >= 0.6 is 0 Å². The number of hydrogen-bond donors (Lipinski definition) is 3. The fourth-order valence-corrected chi connectivity index (χ4v) is 2.20. The molecule has 1 aromatic rings. The van der Waals surface area contributed by atoms with Crippen molar-refractivity contribution in [3.8, 4) is 5.75 Å². The lowest BCUT2D eigenvalue weighted by molar-refractivity contribution is -0.123. The molecule has 0 saturated heterocycles. The van der Waals surface area contributed by atoms with Gasteiger partial charge in [-0.2, -0.15) is 0 Å². The normalized spacial score (nSPS) is 17.5. The van der Waals surface area contributed by atoms with E-state index in [-0.39, 0.29) is 11.8 Å². The maximum Gasteiger partial charge on any atom is 0.265 e. The third kappa shape index (κ3) is 4.59. The molecule has 0 aliphatic carbocycles. The zero-order valence-corrected chi connectivity index (χ0v) is 13.6. The molecule has 2 rings (SSSR count). The van der Waals surface area contributed by atoms with Crippen LogP contribution in [0.25, 0.3) is 0 Å². The van der Waals surface area contributed by atoms with Gasteiger partial charge in [-0.25, -0.2) is 0 Å². The number of carbonyl (C=O) groups excluding carboxylic acids is 2. The predicted octanol–water partition coefficient (Wildman–Crippen LogP) is 1.36. The summed E-state index contributed by atoms with van der Waals surface area (Å²) in [5, 5.41) is 8.73. The van der Waals surface area contributed by atoms with E-state index in [9.17, 15) is 9.59 Å². The quantitative estimate of drug-likeness (QED) is 0.660. The second kappa shape index (κ2) is 7.82. The van der Waals surface area contributed by atoms with Gasteiger partial charge in [0, 0.05) is 25.9 Å². The third-order valence-electron chi connectivity index (χ3n) is 3.51. The Morgan fingerprint density at radius 1 is 1.48 bits per heavy atom. The second-order valence-electron chi connectivity index (χ2n) is 5.46. The van der Waals surface area contributed by atoms with Crippen LogP contribution in [0.4, 0.5) is 11.4 Å². The molecule has 2 amide bonds. The maximum absolute atomic E-state index is 12.0. The Morgan fingerprint density at radius 2 is 2.26 bits per heavy atom. The summed E-state index contributed by atoms with van der Waals surface area (Å²) in [4.78, 5) is 23.6. The largest absolute Gasteiger partial charge is 0.479 e. The van der Waals surface area contributed by atoms with E-state index >= 15 is 0 Å². The number of amides is 2. The standard InChI is InChI=1S/C16H23N3O4/c1-10(15(20)17-7-4-8-22-3)18-12-5-6-14-13(9-12)19-16(21)11(2)23-14/h5-6,9-11,18H,4,7-8H2,1-3H3,(H,17,20)(H,19,21)/t10-,11-/m0/s1. The highest BCUT2D eigenvalue weighted by Gasteiger charge is 2.23. The molecule has 23 heavy (non-hydrogen) atoms. The molecule has 0 saturated carbocycles. The molecule has 0 unspecified atom stereocenters. The number of ether oxygens (including phenoxy) is 2. The number of anilines is 2. The summed E-state index contributed by atoms with van der Waals surface area (Å²) in [6, 6.07) is 4.96. The first-order valence-corrected chi connectivity index (χ1v) is 7.66. The van der Waals surface area contributed by atoms with Crippen molar-refractivity contribution in [2.75, 3.05) is 30.9 Å². The maximum atomic E-state index is 12.0. The summed E-state index contributed by atoms with van der Waals surface area (Å²) in [6.07, 6.45) is 0.271. The van der Waals surface area contributed by atoms with Gasteiger partial charge in [0.15, 0.2) is 6.10 Å². The van der Waals surface area contributed by atoms with Crippen LogP contribution in [-0.2, 0) is 14.3 Å². The van der Waals surface area contributed by atoms with Crippen LogP contribution in [0.1, 0.15) is 20.3 Å². The number of methoxy groups -OCH3 is 1. The molecule has 0 radical (unpaired) electrons.